The Morgan fingerprint density at radius 3 is 2.31 bits per heavy atom. The topological polar surface area (TPSA) is 125 Å². The van der Waals surface area contributed by atoms with E-state index in [1.165, 1.54) is 6.33 Å². The van der Waals surface area contributed by atoms with Crippen molar-refractivity contribution in [1.82, 2.24) is 9.97 Å². The summed E-state index contributed by atoms with van der Waals surface area (Å²) < 4.78 is 0.412. The molecule has 0 aliphatic rings. The molecule has 1 aromatic rings. The Morgan fingerprint density at radius 1 is 1.25 bits per heavy atom. The van der Waals surface area contributed by atoms with Crippen molar-refractivity contribution in [1.29, 1.82) is 0 Å². The fraction of sp³-hybridized carbons (Fsp3) is 0.500. The molecular weight excluding hydrogens is 280 g/mol. The van der Waals surface area contributed by atoms with Crippen molar-refractivity contribution in [2.45, 2.75) is 5.54 Å². The van der Waals surface area contributed by atoms with Crippen molar-refractivity contribution in [3.8, 4) is 0 Å². The minimum absolute atomic E-state index is 0.222. The van der Waals surface area contributed by atoms with Crippen LogP contribution in [0.15, 0.2) is 10.8 Å². The Hall–Kier alpha value is -0.960. The maximum atomic E-state index is 9.13. The third-order valence-corrected chi connectivity index (χ3v) is 2.89. The van der Waals surface area contributed by atoms with E-state index in [-0.39, 0.29) is 5.82 Å². The number of rotatable bonds is 5. The molecule has 16 heavy (non-hydrogen) atoms. The molecule has 0 aromatic carbocycles. The first-order valence-corrected chi connectivity index (χ1v) is 5.24. The first-order chi connectivity index (χ1) is 7.58. The third-order valence-electron chi connectivity index (χ3n) is 2.11. The summed E-state index contributed by atoms with van der Waals surface area (Å²) in [7, 11) is 0. The Labute approximate surface area is 100 Å². The second-order valence-corrected chi connectivity index (χ2v) is 4.09. The van der Waals surface area contributed by atoms with Gasteiger partial charge in [0, 0.05) is 0 Å². The standard InChI is InChI=1S/C8H13BrN4O3/c9-5-6(10)11-4-12-7(5)13-8(1-14,2-15)3-16/h4,14-16H,1-3H2,(H3,10,11,12,13). The van der Waals surface area contributed by atoms with Gasteiger partial charge >= 0.3 is 0 Å². The molecule has 1 heterocycles. The zero-order valence-electron chi connectivity index (χ0n) is 8.39. The van der Waals surface area contributed by atoms with Gasteiger partial charge in [0.25, 0.3) is 0 Å². The zero-order chi connectivity index (χ0) is 12.2. The van der Waals surface area contributed by atoms with Gasteiger partial charge < -0.3 is 26.4 Å². The zero-order valence-corrected chi connectivity index (χ0v) is 9.98. The van der Waals surface area contributed by atoms with Gasteiger partial charge in [-0.2, -0.15) is 0 Å². The van der Waals surface area contributed by atoms with Gasteiger partial charge in [-0.15, -0.1) is 0 Å². The number of nitrogen functional groups attached to an aromatic ring is 1. The molecule has 0 saturated heterocycles. The van der Waals surface area contributed by atoms with E-state index < -0.39 is 25.4 Å². The van der Waals surface area contributed by atoms with Crippen molar-refractivity contribution in [3.63, 3.8) is 0 Å². The number of hydrogen-bond donors (Lipinski definition) is 5. The van der Waals surface area contributed by atoms with Crippen LogP contribution >= 0.6 is 15.9 Å². The number of anilines is 2. The fourth-order valence-electron chi connectivity index (χ4n) is 0.990. The molecule has 0 amide bonds. The van der Waals surface area contributed by atoms with Gasteiger partial charge in [0.1, 0.15) is 28.0 Å². The summed E-state index contributed by atoms with van der Waals surface area (Å²) in [4.78, 5) is 7.62. The SMILES string of the molecule is Nc1ncnc(NC(CO)(CO)CO)c1Br. The molecule has 1 aromatic heterocycles. The maximum Gasteiger partial charge on any atom is 0.146 e. The van der Waals surface area contributed by atoms with Gasteiger partial charge in [0.05, 0.1) is 19.8 Å². The highest BCUT2D eigenvalue weighted by atomic mass is 79.9. The molecule has 7 nitrogen and oxygen atoms in total. The number of hydrogen-bond acceptors (Lipinski definition) is 7. The van der Waals surface area contributed by atoms with Crippen LogP contribution in [0.4, 0.5) is 11.6 Å². The summed E-state index contributed by atoms with van der Waals surface area (Å²) in [5.41, 5.74) is 4.29. The van der Waals surface area contributed by atoms with Crippen molar-refractivity contribution in [3.05, 3.63) is 10.8 Å². The first-order valence-electron chi connectivity index (χ1n) is 4.45. The van der Waals surface area contributed by atoms with Crippen molar-refractivity contribution in [2.24, 2.45) is 0 Å². The number of nitrogens with zero attached hydrogens (tertiary/aromatic N) is 2. The van der Waals surface area contributed by atoms with Crippen LogP contribution in [0.3, 0.4) is 0 Å². The molecule has 0 fully saturated rings. The van der Waals surface area contributed by atoms with Crippen LogP contribution in [0.5, 0.6) is 0 Å². The van der Waals surface area contributed by atoms with E-state index in [1.54, 1.807) is 0 Å². The van der Waals surface area contributed by atoms with Crippen LogP contribution in [0.25, 0.3) is 0 Å². The Bertz CT molecular complexity index is 351. The molecule has 0 radical (unpaired) electrons. The van der Waals surface area contributed by atoms with E-state index in [4.69, 9.17) is 21.1 Å². The van der Waals surface area contributed by atoms with Crippen molar-refractivity contribution >= 4 is 27.6 Å². The minimum atomic E-state index is -1.25. The van der Waals surface area contributed by atoms with Crippen LogP contribution in [0.1, 0.15) is 0 Å². The lowest BCUT2D eigenvalue weighted by Gasteiger charge is -2.29. The van der Waals surface area contributed by atoms with Gasteiger partial charge in [0.15, 0.2) is 0 Å². The molecule has 6 N–H and O–H groups in total. The minimum Gasteiger partial charge on any atom is -0.394 e. The molecule has 0 atom stereocenters. The van der Waals surface area contributed by atoms with Gasteiger partial charge in [-0.3, -0.25) is 0 Å². The molecule has 0 aliphatic carbocycles. The average molecular weight is 293 g/mol. The molecule has 1 rings (SSSR count). The second kappa shape index (κ2) is 5.39. The van der Waals surface area contributed by atoms with Gasteiger partial charge in [-0.05, 0) is 15.9 Å². The molecule has 8 heteroatoms. The molecule has 0 unspecified atom stereocenters. The number of nitrogens with two attached hydrogens (primary N) is 1. The first kappa shape index (κ1) is 13.1. The lowest BCUT2D eigenvalue weighted by atomic mass is 10.0. The summed E-state index contributed by atoms with van der Waals surface area (Å²) in [6, 6.07) is 0. The van der Waals surface area contributed by atoms with E-state index in [0.717, 1.165) is 0 Å². The van der Waals surface area contributed by atoms with E-state index in [0.29, 0.717) is 10.3 Å². The largest absolute Gasteiger partial charge is 0.394 e. The summed E-state index contributed by atoms with van der Waals surface area (Å²) in [5, 5.41) is 30.1. The number of aromatic nitrogens is 2. The van der Waals surface area contributed by atoms with Crippen LogP contribution in [-0.2, 0) is 0 Å². The Kier molecular flexibility index (Phi) is 4.42. The molecular formula is C8H13BrN4O3. The van der Waals surface area contributed by atoms with Crippen LogP contribution in [0, 0.1) is 0 Å². The molecule has 0 bridgehead atoms. The normalized spacial score (nSPS) is 11.5. The highest BCUT2D eigenvalue weighted by molar-refractivity contribution is 9.10. The highest BCUT2D eigenvalue weighted by Crippen LogP contribution is 2.26. The van der Waals surface area contributed by atoms with Gasteiger partial charge in [-0.1, -0.05) is 0 Å². The van der Waals surface area contributed by atoms with Crippen LogP contribution in [0.2, 0.25) is 0 Å². The molecule has 0 saturated carbocycles. The molecule has 90 valence electrons. The summed E-state index contributed by atoms with van der Waals surface area (Å²) in [5.74, 6) is 0.518. The lowest BCUT2D eigenvalue weighted by Crippen LogP contribution is -2.49. The summed E-state index contributed by atoms with van der Waals surface area (Å²) in [6.07, 6.45) is 1.24. The van der Waals surface area contributed by atoms with E-state index >= 15 is 0 Å². The van der Waals surface area contributed by atoms with Crippen LogP contribution in [-0.4, -0.2) is 50.6 Å². The van der Waals surface area contributed by atoms with Gasteiger partial charge in [-0.25, -0.2) is 9.97 Å². The predicted octanol–water partition coefficient (Wildman–Crippen LogP) is -1.05. The lowest BCUT2D eigenvalue weighted by molar-refractivity contribution is 0.0830. The molecule has 0 aliphatic heterocycles. The maximum absolute atomic E-state index is 9.13. The third kappa shape index (κ3) is 2.59. The Morgan fingerprint density at radius 2 is 1.81 bits per heavy atom. The van der Waals surface area contributed by atoms with Gasteiger partial charge in [0.2, 0.25) is 0 Å². The number of halogens is 1. The summed E-state index contributed by atoms with van der Waals surface area (Å²) >= 11 is 3.16. The smallest absolute Gasteiger partial charge is 0.146 e. The predicted molar refractivity (Wildman–Crippen MR) is 61.8 cm³/mol. The number of aliphatic hydroxyl groups is 3. The van der Waals surface area contributed by atoms with Crippen molar-refractivity contribution in [2.75, 3.05) is 30.9 Å². The van der Waals surface area contributed by atoms with E-state index in [2.05, 4.69) is 31.2 Å². The monoisotopic (exact) mass is 292 g/mol. The van der Waals surface area contributed by atoms with Crippen molar-refractivity contribution < 1.29 is 15.3 Å². The number of nitrogens with one attached hydrogen (secondary N) is 1. The summed E-state index contributed by atoms with van der Waals surface area (Å²) in [6.45, 7) is -1.34. The Balaban J connectivity index is 2.98. The number of aliphatic hydroxyl groups excluding tert-OH is 3. The average Bonchev–Trinajstić information content (AvgIpc) is 2.32. The van der Waals surface area contributed by atoms with Crippen LogP contribution < -0.4 is 11.1 Å². The second-order valence-electron chi connectivity index (χ2n) is 3.30. The highest BCUT2D eigenvalue weighted by Gasteiger charge is 2.29. The fourth-order valence-corrected chi connectivity index (χ4v) is 1.29. The quantitative estimate of drug-likeness (QED) is 0.469. The van der Waals surface area contributed by atoms with E-state index in [9.17, 15) is 0 Å². The van der Waals surface area contributed by atoms with E-state index in [1.807, 2.05) is 0 Å². The molecule has 0 spiro atoms.